The molecule has 0 saturated carbocycles. The van der Waals surface area contributed by atoms with Crippen LogP contribution in [-0.2, 0) is 26.2 Å². The highest BCUT2D eigenvalue weighted by Gasteiger charge is 2.41. The van der Waals surface area contributed by atoms with Crippen molar-refractivity contribution in [1.29, 1.82) is 0 Å². The molecule has 3 rings (SSSR count). The molecule has 1 heterocycles. The molecule has 2 aromatic carbocycles. The lowest BCUT2D eigenvalue weighted by Gasteiger charge is -2.33. The Morgan fingerprint density at radius 3 is 2.29 bits per heavy atom. The summed E-state index contributed by atoms with van der Waals surface area (Å²) >= 11 is 5.99. The first kappa shape index (κ1) is 26.7. The summed E-state index contributed by atoms with van der Waals surface area (Å²) < 4.78 is 26.4. The van der Waals surface area contributed by atoms with Gasteiger partial charge in [-0.3, -0.25) is 14.4 Å². The van der Waals surface area contributed by atoms with Crippen LogP contribution in [0.15, 0.2) is 53.4 Å². The van der Waals surface area contributed by atoms with Gasteiger partial charge in [0.2, 0.25) is 11.8 Å². The van der Waals surface area contributed by atoms with Crippen LogP contribution < -0.4 is 5.32 Å². The predicted octanol–water partition coefficient (Wildman–Crippen LogP) is 3.60. The first-order valence-electron chi connectivity index (χ1n) is 11.4. The Morgan fingerprint density at radius 1 is 1.09 bits per heavy atom. The minimum Gasteiger partial charge on any atom is -0.350 e. The summed E-state index contributed by atoms with van der Waals surface area (Å²) in [6, 6.07) is 12.1. The van der Waals surface area contributed by atoms with Crippen LogP contribution in [0.25, 0.3) is 0 Å². The number of nitrogens with zero attached hydrogens (tertiary/aromatic N) is 2. The third-order valence-electron chi connectivity index (χ3n) is 5.59. The maximum Gasteiger partial charge on any atom is 0.269 e. The third-order valence-corrected chi connectivity index (χ3v) is 7.68. The molecular weight excluding hydrogens is 490 g/mol. The Labute approximate surface area is 211 Å². The monoisotopic (exact) mass is 519 g/mol. The second-order valence-corrected chi connectivity index (χ2v) is 11.7. The van der Waals surface area contributed by atoms with Crippen LogP contribution in [0.2, 0.25) is 5.02 Å². The van der Waals surface area contributed by atoms with Crippen LogP contribution in [0.4, 0.5) is 0 Å². The van der Waals surface area contributed by atoms with Crippen molar-refractivity contribution in [3.05, 3.63) is 64.7 Å². The fraction of sp³-hybridized carbons (Fsp3) is 0.400. The molecule has 2 aromatic rings. The zero-order valence-corrected chi connectivity index (χ0v) is 21.8. The molecular formula is C25H30ClN3O5S. The van der Waals surface area contributed by atoms with Gasteiger partial charge in [0.05, 0.1) is 5.56 Å². The zero-order chi connectivity index (χ0) is 26.0. The molecule has 8 nitrogen and oxygen atoms in total. The largest absolute Gasteiger partial charge is 0.350 e. The number of amides is 3. The Kier molecular flexibility index (Phi) is 7.91. The number of fused-ring (bicyclic) bond motifs is 1. The number of benzene rings is 2. The van der Waals surface area contributed by atoms with Crippen molar-refractivity contribution >= 4 is 39.3 Å². The molecule has 1 aliphatic heterocycles. The number of carbonyl (C=O) groups is 3. The van der Waals surface area contributed by atoms with E-state index in [2.05, 4.69) is 5.32 Å². The molecule has 0 fully saturated rings. The zero-order valence-electron chi connectivity index (χ0n) is 20.2. The van der Waals surface area contributed by atoms with Crippen LogP contribution in [0.5, 0.6) is 0 Å². The minimum absolute atomic E-state index is 0.0635. The lowest BCUT2D eigenvalue weighted by Crippen LogP contribution is -2.53. The lowest BCUT2D eigenvalue weighted by molar-refractivity contribution is -0.142. The standard InChI is InChI=1S/C25H30ClN3O5S/c1-5-20(23(31)27-25(2,3)4)28(16-17-10-12-18(26)13-11-17)22(30)14-15-29-24(32)19-8-6-7-9-21(19)35(29,33)34/h6-13,20H,5,14-16H2,1-4H3,(H,27,31)/t20-/m1/s1. The van der Waals surface area contributed by atoms with Crippen molar-refractivity contribution in [2.24, 2.45) is 0 Å². The summed E-state index contributed by atoms with van der Waals surface area (Å²) in [5.41, 5.74) is 0.359. The van der Waals surface area contributed by atoms with Gasteiger partial charge in [-0.2, -0.15) is 0 Å². The normalized spacial score (nSPS) is 15.5. The van der Waals surface area contributed by atoms with Gasteiger partial charge in [0.1, 0.15) is 10.9 Å². The van der Waals surface area contributed by atoms with Gasteiger partial charge in [0, 0.05) is 30.1 Å². The van der Waals surface area contributed by atoms with Crippen molar-refractivity contribution in [3.8, 4) is 0 Å². The van der Waals surface area contributed by atoms with Crippen molar-refractivity contribution in [2.45, 2.75) is 63.6 Å². The summed E-state index contributed by atoms with van der Waals surface area (Å²) in [6.45, 7) is 7.18. The van der Waals surface area contributed by atoms with E-state index in [4.69, 9.17) is 11.6 Å². The molecule has 0 spiro atoms. The van der Waals surface area contributed by atoms with E-state index < -0.39 is 33.4 Å². The molecule has 1 N–H and O–H groups in total. The SMILES string of the molecule is CC[C@H](C(=O)NC(C)(C)C)N(Cc1ccc(Cl)cc1)C(=O)CCN1C(=O)c2ccccc2S1(=O)=O. The van der Waals surface area contributed by atoms with E-state index in [0.29, 0.717) is 11.4 Å². The van der Waals surface area contributed by atoms with Crippen LogP contribution in [0, 0.1) is 0 Å². The Bertz CT molecular complexity index is 1220. The van der Waals surface area contributed by atoms with Crippen LogP contribution in [0.3, 0.4) is 0 Å². The second kappa shape index (κ2) is 10.4. The number of hydrogen-bond donors (Lipinski definition) is 1. The summed E-state index contributed by atoms with van der Waals surface area (Å²) in [5.74, 6) is -1.40. The van der Waals surface area contributed by atoms with Gasteiger partial charge >= 0.3 is 0 Å². The molecule has 1 aliphatic rings. The topological polar surface area (TPSA) is 104 Å². The fourth-order valence-corrected chi connectivity index (χ4v) is 5.65. The maximum atomic E-state index is 13.4. The summed E-state index contributed by atoms with van der Waals surface area (Å²) in [4.78, 5) is 40.6. The van der Waals surface area contributed by atoms with Gasteiger partial charge < -0.3 is 10.2 Å². The third kappa shape index (κ3) is 6.02. The molecule has 35 heavy (non-hydrogen) atoms. The van der Waals surface area contributed by atoms with Crippen molar-refractivity contribution < 1.29 is 22.8 Å². The molecule has 1 atom stereocenters. The van der Waals surface area contributed by atoms with Crippen LogP contribution in [-0.4, -0.2) is 53.5 Å². The number of halogens is 1. The van der Waals surface area contributed by atoms with E-state index in [1.807, 2.05) is 20.8 Å². The van der Waals surface area contributed by atoms with Crippen molar-refractivity contribution in [1.82, 2.24) is 14.5 Å². The van der Waals surface area contributed by atoms with Crippen molar-refractivity contribution in [3.63, 3.8) is 0 Å². The predicted molar refractivity (Wildman–Crippen MR) is 133 cm³/mol. The minimum atomic E-state index is -4.03. The Balaban J connectivity index is 1.84. The fourth-order valence-electron chi connectivity index (χ4n) is 3.95. The number of nitrogens with one attached hydrogen (secondary N) is 1. The first-order chi connectivity index (χ1) is 16.3. The highest BCUT2D eigenvalue weighted by molar-refractivity contribution is 7.90. The average Bonchev–Trinajstić information content (AvgIpc) is 2.97. The molecule has 10 heteroatoms. The van der Waals surface area contributed by atoms with Gasteiger partial charge in [-0.05, 0) is 57.0 Å². The van der Waals surface area contributed by atoms with E-state index in [9.17, 15) is 22.8 Å². The Morgan fingerprint density at radius 2 is 1.71 bits per heavy atom. The number of rotatable bonds is 8. The van der Waals surface area contributed by atoms with Gasteiger partial charge in [-0.15, -0.1) is 0 Å². The van der Waals surface area contributed by atoms with E-state index in [-0.39, 0.29) is 35.9 Å². The average molecular weight is 520 g/mol. The van der Waals surface area contributed by atoms with Gasteiger partial charge in [-0.1, -0.05) is 42.8 Å². The van der Waals surface area contributed by atoms with Gasteiger partial charge in [0.15, 0.2) is 0 Å². The maximum absolute atomic E-state index is 13.4. The lowest BCUT2D eigenvalue weighted by atomic mass is 10.1. The number of hydrogen-bond acceptors (Lipinski definition) is 5. The molecule has 0 saturated heterocycles. The smallest absolute Gasteiger partial charge is 0.269 e. The Hall–Kier alpha value is -2.91. The first-order valence-corrected chi connectivity index (χ1v) is 13.2. The highest BCUT2D eigenvalue weighted by Crippen LogP contribution is 2.30. The van der Waals surface area contributed by atoms with E-state index in [1.165, 1.54) is 17.0 Å². The molecule has 0 aromatic heterocycles. The highest BCUT2D eigenvalue weighted by atomic mass is 35.5. The molecule has 0 unspecified atom stereocenters. The van der Waals surface area contributed by atoms with E-state index >= 15 is 0 Å². The molecule has 0 bridgehead atoms. The van der Waals surface area contributed by atoms with Crippen molar-refractivity contribution in [2.75, 3.05) is 6.54 Å². The molecule has 188 valence electrons. The number of sulfonamides is 1. The molecule has 3 amide bonds. The molecule has 0 radical (unpaired) electrons. The summed E-state index contributed by atoms with van der Waals surface area (Å²) in [7, 11) is -4.03. The van der Waals surface area contributed by atoms with Crippen LogP contribution >= 0.6 is 11.6 Å². The van der Waals surface area contributed by atoms with E-state index in [1.54, 1.807) is 43.3 Å². The van der Waals surface area contributed by atoms with E-state index in [0.717, 1.165) is 9.87 Å². The van der Waals surface area contributed by atoms with Gasteiger partial charge in [0.25, 0.3) is 15.9 Å². The quantitative estimate of drug-likeness (QED) is 0.574. The molecule has 0 aliphatic carbocycles. The van der Waals surface area contributed by atoms with Crippen LogP contribution in [0.1, 0.15) is 56.5 Å². The summed E-state index contributed by atoms with van der Waals surface area (Å²) in [6.07, 6.45) is 0.0967. The summed E-state index contributed by atoms with van der Waals surface area (Å²) in [5, 5.41) is 3.46. The second-order valence-electron chi connectivity index (χ2n) is 9.44. The van der Waals surface area contributed by atoms with Gasteiger partial charge in [-0.25, -0.2) is 12.7 Å². The number of carbonyl (C=O) groups excluding carboxylic acids is 3.